The lowest BCUT2D eigenvalue weighted by Crippen LogP contribution is -2.46. The average molecular weight is 210 g/mol. The van der Waals surface area contributed by atoms with Crippen molar-refractivity contribution in [3.63, 3.8) is 0 Å². The van der Waals surface area contributed by atoms with Gasteiger partial charge in [-0.3, -0.25) is 0 Å². The van der Waals surface area contributed by atoms with E-state index >= 15 is 0 Å². The second kappa shape index (κ2) is 4.29. The van der Waals surface area contributed by atoms with Crippen LogP contribution < -0.4 is 0 Å². The molecule has 1 aliphatic heterocycles. The first kappa shape index (κ1) is 10.6. The molecule has 0 radical (unpaired) electrons. The predicted octanol–water partition coefficient (Wildman–Crippen LogP) is 1.87. The summed E-state index contributed by atoms with van der Waals surface area (Å²) in [4.78, 5) is 0. The van der Waals surface area contributed by atoms with Crippen LogP contribution in [0.5, 0.6) is 0 Å². The summed E-state index contributed by atoms with van der Waals surface area (Å²) >= 11 is 0. The smallest absolute Gasteiger partial charge is 0.123 e. The number of hydrogen-bond donors (Lipinski definition) is 1. The van der Waals surface area contributed by atoms with Crippen LogP contribution >= 0.6 is 0 Å². The topological polar surface area (TPSA) is 29.5 Å². The van der Waals surface area contributed by atoms with Crippen LogP contribution in [0.3, 0.4) is 0 Å². The summed E-state index contributed by atoms with van der Waals surface area (Å²) in [6.07, 6.45) is 1.59. The van der Waals surface area contributed by atoms with Crippen molar-refractivity contribution in [2.75, 3.05) is 19.8 Å². The summed E-state index contributed by atoms with van der Waals surface area (Å²) in [6, 6.07) is 6.68. The molecule has 1 fully saturated rings. The quantitative estimate of drug-likeness (QED) is 0.822. The fourth-order valence-corrected chi connectivity index (χ4v) is 2.04. The second-order valence-electron chi connectivity index (χ2n) is 4.11. The Balaban J connectivity index is 2.18. The first-order valence-corrected chi connectivity index (χ1v) is 5.21. The Kier molecular flexibility index (Phi) is 3.03. The van der Waals surface area contributed by atoms with Crippen molar-refractivity contribution >= 4 is 0 Å². The molecule has 1 saturated heterocycles. The van der Waals surface area contributed by atoms with Crippen molar-refractivity contribution in [2.24, 2.45) is 0 Å². The van der Waals surface area contributed by atoms with Crippen molar-refractivity contribution in [1.82, 2.24) is 0 Å². The molecule has 0 unspecified atom stereocenters. The molecule has 1 heterocycles. The third kappa shape index (κ3) is 2.03. The Hall–Kier alpha value is -0.930. The molecule has 1 aromatic rings. The van der Waals surface area contributed by atoms with Crippen LogP contribution in [0.15, 0.2) is 24.3 Å². The molecule has 0 bridgehead atoms. The highest BCUT2D eigenvalue weighted by Gasteiger charge is 2.39. The molecule has 82 valence electrons. The molecule has 0 aromatic heterocycles. The van der Waals surface area contributed by atoms with E-state index in [0.717, 1.165) is 18.4 Å². The fourth-order valence-electron chi connectivity index (χ4n) is 2.04. The normalized spacial score (nSPS) is 18.5. The Morgan fingerprint density at radius 2 is 2.20 bits per heavy atom. The highest BCUT2D eigenvalue weighted by molar-refractivity contribution is 5.28. The molecule has 2 nitrogen and oxygen atoms in total. The zero-order valence-electron chi connectivity index (χ0n) is 8.58. The molecule has 2 rings (SSSR count). The molecule has 3 heteroatoms. The summed E-state index contributed by atoms with van der Waals surface area (Å²) < 4.78 is 18.3. The van der Waals surface area contributed by atoms with Gasteiger partial charge in [-0.2, -0.15) is 0 Å². The van der Waals surface area contributed by atoms with Gasteiger partial charge in [0.2, 0.25) is 0 Å². The molecule has 1 aromatic carbocycles. The van der Waals surface area contributed by atoms with Crippen LogP contribution in [0.4, 0.5) is 4.39 Å². The van der Waals surface area contributed by atoms with Crippen molar-refractivity contribution in [3.8, 4) is 0 Å². The third-order valence-corrected chi connectivity index (χ3v) is 3.01. The van der Waals surface area contributed by atoms with E-state index in [2.05, 4.69) is 0 Å². The maximum Gasteiger partial charge on any atom is 0.123 e. The van der Waals surface area contributed by atoms with Gasteiger partial charge >= 0.3 is 0 Å². The summed E-state index contributed by atoms with van der Waals surface area (Å²) in [5.74, 6) is -0.206. The summed E-state index contributed by atoms with van der Waals surface area (Å²) in [5.41, 5.74) is 0.923. The lowest BCUT2D eigenvalue weighted by atomic mass is 9.75. The van der Waals surface area contributed by atoms with Crippen LogP contribution in [0.1, 0.15) is 18.4 Å². The van der Waals surface area contributed by atoms with E-state index in [-0.39, 0.29) is 17.8 Å². The van der Waals surface area contributed by atoms with E-state index in [9.17, 15) is 4.39 Å². The van der Waals surface area contributed by atoms with Gasteiger partial charge in [-0.25, -0.2) is 4.39 Å². The maximum atomic E-state index is 13.1. The van der Waals surface area contributed by atoms with Crippen molar-refractivity contribution in [1.29, 1.82) is 0 Å². The van der Waals surface area contributed by atoms with Gasteiger partial charge in [0, 0.05) is 12.0 Å². The van der Waals surface area contributed by atoms with E-state index in [1.807, 2.05) is 6.07 Å². The first-order valence-electron chi connectivity index (χ1n) is 5.21. The minimum atomic E-state index is -0.206. The molecule has 15 heavy (non-hydrogen) atoms. The number of hydrogen-bond acceptors (Lipinski definition) is 2. The van der Waals surface area contributed by atoms with E-state index in [4.69, 9.17) is 9.84 Å². The van der Waals surface area contributed by atoms with Gasteiger partial charge < -0.3 is 9.84 Å². The Morgan fingerprint density at radius 3 is 2.73 bits per heavy atom. The van der Waals surface area contributed by atoms with Crippen molar-refractivity contribution < 1.29 is 14.2 Å². The first-order chi connectivity index (χ1) is 7.27. The number of halogens is 1. The van der Waals surface area contributed by atoms with Gasteiger partial charge in [0.25, 0.3) is 0 Å². The van der Waals surface area contributed by atoms with Crippen molar-refractivity contribution in [2.45, 2.75) is 18.3 Å². The Labute approximate surface area is 88.7 Å². The number of benzene rings is 1. The van der Waals surface area contributed by atoms with Crippen LogP contribution in [0.25, 0.3) is 0 Å². The monoisotopic (exact) mass is 210 g/mol. The number of aliphatic hydroxyl groups excluding tert-OH is 1. The molecule has 0 amide bonds. The van der Waals surface area contributed by atoms with E-state index in [1.165, 1.54) is 6.07 Å². The fraction of sp³-hybridized carbons (Fsp3) is 0.500. The van der Waals surface area contributed by atoms with Crippen LogP contribution in [-0.4, -0.2) is 24.9 Å². The van der Waals surface area contributed by atoms with Crippen molar-refractivity contribution in [3.05, 3.63) is 35.6 Å². The van der Waals surface area contributed by atoms with Gasteiger partial charge in [-0.05, 0) is 30.5 Å². The molecular formula is C12H15FO2. The summed E-state index contributed by atoms with van der Waals surface area (Å²) in [6.45, 7) is 1.45. The van der Waals surface area contributed by atoms with Gasteiger partial charge in [0.05, 0.1) is 13.2 Å². The minimum absolute atomic E-state index is 0.0647. The zero-order valence-corrected chi connectivity index (χ0v) is 8.58. The van der Waals surface area contributed by atoms with Gasteiger partial charge in [0.1, 0.15) is 5.82 Å². The van der Waals surface area contributed by atoms with Crippen LogP contribution in [0, 0.1) is 5.82 Å². The number of aliphatic hydroxyl groups is 1. The van der Waals surface area contributed by atoms with E-state index < -0.39 is 0 Å². The van der Waals surface area contributed by atoms with Gasteiger partial charge in [0.15, 0.2) is 0 Å². The maximum absolute atomic E-state index is 13.1. The average Bonchev–Trinajstić information content (AvgIpc) is 2.16. The molecule has 1 N–H and O–H groups in total. The Bertz CT molecular complexity index is 334. The number of rotatable bonds is 4. The summed E-state index contributed by atoms with van der Waals surface area (Å²) in [5, 5.41) is 8.84. The molecular weight excluding hydrogens is 195 g/mol. The van der Waals surface area contributed by atoms with Crippen LogP contribution in [-0.2, 0) is 10.2 Å². The molecule has 0 atom stereocenters. The van der Waals surface area contributed by atoms with E-state index in [1.54, 1.807) is 12.1 Å². The summed E-state index contributed by atoms with van der Waals surface area (Å²) in [7, 11) is 0. The molecule has 0 aliphatic carbocycles. The predicted molar refractivity (Wildman–Crippen MR) is 55.2 cm³/mol. The van der Waals surface area contributed by atoms with E-state index in [0.29, 0.717) is 13.2 Å². The highest BCUT2D eigenvalue weighted by Crippen LogP contribution is 2.36. The van der Waals surface area contributed by atoms with Gasteiger partial charge in [-0.1, -0.05) is 12.1 Å². The lowest BCUT2D eigenvalue weighted by Gasteiger charge is -2.42. The number of ether oxygens (including phenoxy) is 1. The molecule has 0 spiro atoms. The minimum Gasteiger partial charge on any atom is -0.396 e. The molecule has 0 saturated carbocycles. The van der Waals surface area contributed by atoms with Crippen LogP contribution in [0.2, 0.25) is 0 Å². The largest absolute Gasteiger partial charge is 0.396 e. The highest BCUT2D eigenvalue weighted by atomic mass is 19.1. The lowest BCUT2D eigenvalue weighted by molar-refractivity contribution is -0.0666. The molecule has 1 aliphatic rings. The third-order valence-electron chi connectivity index (χ3n) is 3.01. The second-order valence-corrected chi connectivity index (χ2v) is 4.11. The Morgan fingerprint density at radius 1 is 1.40 bits per heavy atom. The SMILES string of the molecule is OCCCC1(c2cccc(F)c2)COC1. The van der Waals surface area contributed by atoms with Gasteiger partial charge in [-0.15, -0.1) is 0 Å². The zero-order chi connectivity index (χ0) is 10.7. The standard InChI is InChI=1S/C12H15FO2/c13-11-4-1-3-10(7-11)12(5-2-6-14)8-15-9-12/h1,3-4,7,14H,2,5-6,8-9H2.